The minimum atomic E-state index is 0.228. The number of carbonyl (C=O) groups is 1. The first kappa shape index (κ1) is 15.8. The SMILES string of the molecule is CCCCCCCCN1Cc2c(Br)[se]c(Br)c2C1=O. The average Bonchev–Trinajstić information content (AvgIpc) is 2.84. The molecule has 0 aliphatic carbocycles. The molecule has 0 aromatic carbocycles. The van der Waals surface area contributed by atoms with Crippen LogP contribution in [0.3, 0.4) is 0 Å². The summed E-state index contributed by atoms with van der Waals surface area (Å²) in [6, 6.07) is 0. The Morgan fingerprint density at radius 2 is 1.79 bits per heavy atom. The Hall–Kier alpha value is 0.429. The number of fused-ring (bicyclic) bond motifs is 1. The molecule has 0 atom stereocenters. The molecule has 2 heterocycles. The first-order valence-electron chi connectivity index (χ1n) is 6.91. The third-order valence-corrected chi connectivity index (χ3v) is 7.80. The number of rotatable bonds is 7. The van der Waals surface area contributed by atoms with Gasteiger partial charge in [0, 0.05) is 0 Å². The Bertz CT molecular complexity index is 459. The Morgan fingerprint density at radius 3 is 2.47 bits per heavy atom. The molecule has 0 bridgehead atoms. The minimum absolute atomic E-state index is 0.228. The summed E-state index contributed by atoms with van der Waals surface area (Å²) in [7, 11) is 0. The van der Waals surface area contributed by atoms with Gasteiger partial charge < -0.3 is 0 Å². The zero-order valence-corrected chi connectivity index (χ0v) is 16.1. The van der Waals surface area contributed by atoms with Gasteiger partial charge in [-0.05, 0) is 0 Å². The fourth-order valence-electron chi connectivity index (χ4n) is 2.45. The van der Waals surface area contributed by atoms with E-state index in [1.165, 1.54) is 41.0 Å². The molecule has 0 saturated carbocycles. The second-order valence-corrected chi connectivity index (χ2v) is 11.1. The maximum absolute atomic E-state index is 12.3. The van der Waals surface area contributed by atoms with Crippen LogP contribution in [0.15, 0.2) is 6.69 Å². The summed E-state index contributed by atoms with van der Waals surface area (Å²) in [5, 5.41) is 0. The van der Waals surface area contributed by atoms with Crippen LogP contribution in [0.1, 0.15) is 61.4 Å². The summed E-state index contributed by atoms with van der Waals surface area (Å²) >= 11 is 7.44. The summed E-state index contributed by atoms with van der Waals surface area (Å²) < 4.78 is 2.35. The molecule has 0 N–H and O–H groups in total. The van der Waals surface area contributed by atoms with Crippen molar-refractivity contribution in [1.82, 2.24) is 4.90 Å². The molecule has 0 radical (unpaired) electrons. The Morgan fingerprint density at radius 1 is 1.11 bits per heavy atom. The van der Waals surface area contributed by atoms with Gasteiger partial charge in [0.2, 0.25) is 0 Å². The molecule has 0 fully saturated rings. The van der Waals surface area contributed by atoms with Crippen LogP contribution < -0.4 is 0 Å². The van der Waals surface area contributed by atoms with Crippen molar-refractivity contribution in [3.05, 3.63) is 17.8 Å². The van der Waals surface area contributed by atoms with E-state index in [2.05, 4.69) is 38.8 Å². The number of unbranched alkanes of at least 4 members (excludes halogenated alkanes) is 5. The summed E-state index contributed by atoms with van der Waals surface area (Å²) in [5.41, 5.74) is 2.17. The molecule has 1 aliphatic heterocycles. The molecule has 106 valence electrons. The van der Waals surface area contributed by atoms with E-state index in [-0.39, 0.29) is 20.4 Å². The predicted molar refractivity (Wildman–Crippen MR) is 86.9 cm³/mol. The molecular weight excluding hydrogens is 437 g/mol. The monoisotopic (exact) mass is 455 g/mol. The Balaban J connectivity index is 1.79. The second-order valence-electron chi connectivity index (χ2n) is 5.00. The van der Waals surface area contributed by atoms with Crippen LogP contribution in [0, 0.1) is 0 Å². The van der Waals surface area contributed by atoms with Crippen molar-refractivity contribution >= 4 is 52.3 Å². The first-order valence-corrected chi connectivity index (χ1v) is 10.2. The van der Waals surface area contributed by atoms with E-state index in [0.29, 0.717) is 0 Å². The van der Waals surface area contributed by atoms with E-state index in [9.17, 15) is 4.79 Å². The summed E-state index contributed by atoms with van der Waals surface area (Å²) in [4.78, 5) is 14.3. The van der Waals surface area contributed by atoms with E-state index in [4.69, 9.17) is 0 Å². The number of nitrogens with zero attached hydrogens (tertiary/aromatic N) is 1. The van der Waals surface area contributed by atoms with Crippen molar-refractivity contribution in [2.45, 2.75) is 52.0 Å². The molecule has 2 nitrogen and oxygen atoms in total. The fourth-order valence-corrected chi connectivity index (χ4v) is 7.58. The van der Waals surface area contributed by atoms with Crippen LogP contribution >= 0.6 is 31.9 Å². The summed E-state index contributed by atoms with van der Waals surface area (Å²) in [5.74, 6) is 0.228. The van der Waals surface area contributed by atoms with Gasteiger partial charge in [0.25, 0.3) is 0 Å². The van der Waals surface area contributed by atoms with Gasteiger partial charge in [-0.1, -0.05) is 0 Å². The zero-order chi connectivity index (χ0) is 13.8. The summed E-state index contributed by atoms with van der Waals surface area (Å²) in [6.07, 6.45) is 7.64. The molecule has 0 unspecified atom stereocenters. The van der Waals surface area contributed by atoms with Crippen LogP contribution in [0.4, 0.5) is 0 Å². The van der Waals surface area contributed by atoms with Crippen LogP contribution in [0.5, 0.6) is 0 Å². The van der Waals surface area contributed by atoms with Crippen molar-refractivity contribution in [3.63, 3.8) is 0 Å². The second kappa shape index (κ2) is 7.44. The predicted octanol–water partition coefficient (Wildman–Crippen LogP) is 4.58. The standard InChI is InChI=1S/C14H19Br2NOSe/c1-2-3-4-5-6-7-8-17-9-10-11(14(17)18)13(16)19-12(10)15/h2-9H2,1H3. The van der Waals surface area contributed by atoms with E-state index < -0.39 is 0 Å². The van der Waals surface area contributed by atoms with Gasteiger partial charge in [-0.15, -0.1) is 0 Å². The Labute approximate surface area is 137 Å². The van der Waals surface area contributed by atoms with Crippen LogP contribution in [0.2, 0.25) is 0 Å². The van der Waals surface area contributed by atoms with Crippen molar-refractivity contribution < 1.29 is 4.79 Å². The van der Waals surface area contributed by atoms with Gasteiger partial charge in [-0.2, -0.15) is 0 Å². The molecule has 5 heteroatoms. The van der Waals surface area contributed by atoms with E-state index >= 15 is 0 Å². The molecule has 19 heavy (non-hydrogen) atoms. The zero-order valence-electron chi connectivity index (χ0n) is 11.2. The summed E-state index contributed by atoms with van der Waals surface area (Å²) in [6.45, 7) is 3.95. The van der Waals surface area contributed by atoms with Crippen LogP contribution in [0.25, 0.3) is 0 Å². The average molecular weight is 456 g/mol. The van der Waals surface area contributed by atoms with Gasteiger partial charge in [-0.3, -0.25) is 0 Å². The third-order valence-electron chi connectivity index (χ3n) is 3.55. The van der Waals surface area contributed by atoms with Gasteiger partial charge >= 0.3 is 138 Å². The van der Waals surface area contributed by atoms with E-state index in [1.807, 2.05) is 4.90 Å². The van der Waals surface area contributed by atoms with Gasteiger partial charge in [0.05, 0.1) is 0 Å². The normalized spacial score (nSPS) is 14.3. The van der Waals surface area contributed by atoms with Crippen molar-refractivity contribution in [1.29, 1.82) is 0 Å². The van der Waals surface area contributed by atoms with Crippen LogP contribution in [-0.4, -0.2) is 31.9 Å². The number of halogens is 2. The molecule has 1 aromatic rings. The van der Waals surface area contributed by atoms with Crippen molar-refractivity contribution in [2.75, 3.05) is 6.54 Å². The van der Waals surface area contributed by atoms with E-state index in [0.717, 1.165) is 28.4 Å². The van der Waals surface area contributed by atoms with E-state index in [1.54, 1.807) is 0 Å². The van der Waals surface area contributed by atoms with Crippen molar-refractivity contribution in [3.8, 4) is 0 Å². The van der Waals surface area contributed by atoms with Gasteiger partial charge in [0.1, 0.15) is 0 Å². The van der Waals surface area contributed by atoms with Crippen molar-refractivity contribution in [2.24, 2.45) is 0 Å². The number of hydrogen-bond acceptors (Lipinski definition) is 1. The quantitative estimate of drug-likeness (QED) is 0.435. The topological polar surface area (TPSA) is 20.3 Å². The fraction of sp³-hybridized carbons (Fsp3) is 0.643. The molecule has 1 amide bonds. The number of carbonyl (C=O) groups excluding carboxylic acids is 1. The number of amides is 1. The molecular formula is C14H19Br2NOSe. The molecule has 1 aromatic heterocycles. The molecule has 0 saturated heterocycles. The third kappa shape index (κ3) is 3.75. The molecule has 0 spiro atoms. The van der Waals surface area contributed by atoms with Gasteiger partial charge in [-0.25, -0.2) is 0 Å². The molecule has 1 aliphatic rings. The first-order chi connectivity index (χ1) is 9.15. The maximum atomic E-state index is 12.3. The van der Waals surface area contributed by atoms with Crippen LogP contribution in [-0.2, 0) is 6.54 Å². The Kier molecular flexibility index (Phi) is 6.19. The molecule has 2 rings (SSSR count). The number of hydrogen-bond donors (Lipinski definition) is 0. The van der Waals surface area contributed by atoms with Gasteiger partial charge in [0.15, 0.2) is 0 Å².